The summed E-state index contributed by atoms with van der Waals surface area (Å²) < 4.78 is 69.3. The number of benzene rings is 2. The smallest absolute Gasteiger partial charge is 0.403 e. The number of alkyl halides is 4. The van der Waals surface area contributed by atoms with Crippen LogP contribution in [-0.2, 0) is 0 Å². The number of hydrogen-bond acceptors (Lipinski definition) is 1. The summed E-state index contributed by atoms with van der Waals surface area (Å²) in [6, 6.07) is 7.73. The van der Waals surface area contributed by atoms with Gasteiger partial charge in [-0.1, -0.05) is 40.8 Å². The molecule has 0 unspecified atom stereocenters. The highest BCUT2D eigenvalue weighted by Crippen LogP contribution is 2.37. The van der Waals surface area contributed by atoms with E-state index in [9.17, 15) is 22.0 Å². The van der Waals surface area contributed by atoms with E-state index in [0.717, 1.165) is 43.4 Å². The molecule has 0 amide bonds. The van der Waals surface area contributed by atoms with E-state index in [1.165, 1.54) is 12.1 Å². The minimum atomic E-state index is -4.98. The molecule has 1 aliphatic rings. The van der Waals surface area contributed by atoms with E-state index in [4.69, 9.17) is 0 Å². The minimum absolute atomic E-state index is 0.147. The van der Waals surface area contributed by atoms with E-state index in [2.05, 4.69) is 27.3 Å². The summed E-state index contributed by atoms with van der Waals surface area (Å²) in [7, 11) is 0. The predicted molar refractivity (Wildman–Crippen MR) is 97.5 cm³/mol. The Kier molecular flexibility index (Phi) is 5.74. The van der Waals surface area contributed by atoms with Gasteiger partial charge >= 0.3 is 6.36 Å². The van der Waals surface area contributed by atoms with Crippen LogP contribution in [-0.4, -0.2) is 10.3 Å². The normalized spacial score (nSPS) is 20.8. The summed E-state index contributed by atoms with van der Waals surface area (Å²) in [4.78, 5) is 0. The van der Waals surface area contributed by atoms with Crippen LogP contribution in [0.15, 0.2) is 36.4 Å². The van der Waals surface area contributed by atoms with Crippen molar-refractivity contribution in [2.24, 2.45) is 0 Å². The zero-order valence-corrected chi connectivity index (χ0v) is 15.8. The highest BCUT2D eigenvalue weighted by molar-refractivity contribution is 14.1. The molecule has 2 aromatic carbocycles. The lowest BCUT2D eigenvalue weighted by molar-refractivity contribution is -0.275. The van der Waals surface area contributed by atoms with Crippen LogP contribution in [0.3, 0.4) is 0 Å². The van der Waals surface area contributed by atoms with Crippen LogP contribution in [0.1, 0.15) is 37.2 Å². The van der Waals surface area contributed by atoms with Crippen molar-refractivity contribution in [3.8, 4) is 16.9 Å². The van der Waals surface area contributed by atoms with Crippen molar-refractivity contribution in [3.63, 3.8) is 0 Å². The fraction of sp³-hybridized carbons (Fsp3) is 0.368. The summed E-state index contributed by atoms with van der Waals surface area (Å²) in [5, 5.41) is 0. The molecule has 3 rings (SSSR count). The molecule has 0 aliphatic heterocycles. The lowest BCUT2D eigenvalue weighted by Gasteiger charge is -2.25. The zero-order valence-electron chi connectivity index (χ0n) is 13.6. The molecule has 1 saturated carbocycles. The second-order valence-electron chi connectivity index (χ2n) is 6.38. The first-order chi connectivity index (χ1) is 12.2. The molecule has 0 atom stereocenters. The maximum absolute atomic E-state index is 14.5. The van der Waals surface area contributed by atoms with Gasteiger partial charge in [0.2, 0.25) is 0 Å². The van der Waals surface area contributed by atoms with Crippen molar-refractivity contribution in [1.29, 1.82) is 0 Å². The summed E-state index contributed by atoms with van der Waals surface area (Å²) in [6.07, 6.45) is -0.776. The summed E-state index contributed by atoms with van der Waals surface area (Å²) in [5.74, 6) is -2.33. The monoisotopic (exact) mass is 482 g/mol. The first kappa shape index (κ1) is 19.4. The van der Waals surface area contributed by atoms with Crippen molar-refractivity contribution < 1.29 is 26.7 Å². The largest absolute Gasteiger partial charge is 0.573 e. The molecular formula is C19H16F5IO. The average molecular weight is 482 g/mol. The Bertz CT molecular complexity index is 782. The zero-order chi connectivity index (χ0) is 18.9. The van der Waals surface area contributed by atoms with Crippen LogP contribution in [0.25, 0.3) is 11.1 Å². The second kappa shape index (κ2) is 7.70. The van der Waals surface area contributed by atoms with Gasteiger partial charge in [0.15, 0.2) is 11.6 Å². The van der Waals surface area contributed by atoms with E-state index in [0.29, 0.717) is 9.84 Å². The molecule has 7 heteroatoms. The van der Waals surface area contributed by atoms with E-state index in [-0.39, 0.29) is 11.1 Å². The molecule has 0 bridgehead atoms. The van der Waals surface area contributed by atoms with Gasteiger partial charge in [0.25, 0.3) is 0 Å². The summed E-state index contributed by atoms with van der Waals surface area (Å²) in [6.45, 7) is 0. The Morgan fingerprint density at radius 1 is 0.885 bits per heavy atom. The standard InChI is InChI=1S/C19H16F5IO/c20-16-9-12(11-1-5-14(25)6-2-11)3-7-15(16)13-4-8-18(17(21)10-13)26-19(22,23)24/h3-4,7-11,14H,1-2,5-6H2. The molecular weight excluding hydrogens is 466 g/mol. The Balaban J connectivity index is 1.82. The molecule has 140 valence electrons. The molecule has 1 aliphatic carbocycles. The third-order valence-corrected chi connectivity index (χ3v) is 5.84. The van der Waals surface area contributed by atoms with Gasteiger partial charge in [0.1, 0.15) is 5.82 Å². The molecule has 2 aromatic rings. The van der Waals surface area contributed by atoms with Gasteiger partial charge in [0.05, 0.1) is 0 Å². The predicted octanol–water partition coefficient (Wildman–Crippen LogP) is 6.99. The van der Waals surface area contributed by atoms with E-state index in [1.54, 1.807) is 6.07 Å². The minimum Gasteiger partial charge on any atom is -0.403 e. The maximum atomic E-state index is 14.5. The topological polar surface area (TPSA) is 9.23 Å². The van der Waals surface area contributed by atoms with Crippen molar-refractivity contribution in [3.05, 3.63) is 53.6 Å². The van der Waals surface area contributed by atoms with Crippen LogP contribution in [0.2, 0.25) is 0 Å². The number of ether oxygens (including phenoxy) is 1. The fourth-order valence-electron chi connectivity index (χ4n) is 3.28. The van der Waals surface area contributed by atoms with Gasteiger partial charge in [-0.15, -0.1) is 13.2 Å². The third kappa shape index (κ3) is 4.66. The quantitative estimate of drug-likeness (QED) is 0.260. The third-order valence-electron chi connectivity index (χ3n) is 4.59. The van der Waals surface area contributed by atoms with Crippen LogP contribution in [0, 0.1) is 11.6 Å². The van der Waals surface area contributed by atoms with E-state index >= 15 is 0 Å². The molecule has 1 fully saturated rings. The molecule has 1 nitrogen and oxygen atoms in total. The van der Waals surface area contributed by atoms with Gasteiger partial charge in [-0.3, -0.25) is 0 Å². The van der Waals surface area contributed by atoms with E-state index in [1.807, 2.05) is 6.07 Å². The molecule has 0 heterocycles. The Hall–Kier alpha value is -1.38. The van der Waals surface area contributed by atoms with Crippen molar-refractivity contribution >= 4 is 22.6 Å². The van der Waals surface area contributed by atoms with Gasteiger partial charge < -0.3 is 4.74 Å². The van der Waals surface area contributed by atoms with Crippen LogP contribution in [0.5, 0.6) is 5.75 Å². The number of halogens is 6. The lowest BCUT2D eigenvalue weighted by atomic mass is 9.83. The Morgan fingerprint density at radius 3 is 2.15 bits per heavy atom. The molecule has 0 N–H and O–H groups in total. The lowest BCUT2D eigenvalue weighted by Crippen LogP contribution is -2.17. The molecule has 26 heavy (non-hydrogen) atoms. The maximum Gasteiger partial charge on any atom is 0.573 e. The molecule has 0 aromatic heterocycles. The van der Waals surface area contributed by atoms with Crippen molar-refractivity contribution in [2.45, 2.75) is 41.9 Å². The highest BCUT2D eigenvalue weighted by atomic mass is 127. The average Bonchev–Trinajstić information content (AvgIpc) is 2.56. The van der Waals surface area contributed by atoms with Gasteiger partial charge in [-0.05, 0) is 60.9 Å². The molecule has 0 saturated heterocycles. The first-order valence-electron chi connectivity index (χ1n) is 8.22. The number of rotatable bonds is 3. The van der Waals surface area contributed by atoms with Crippen molar-refractivity contribution in [1.82, 2.24) is 0 Å². The van der Waals surface area contributed by atoms with E-state index < -0.39 is 23.7 Å². The van der Waals surface area contributed by atoms with Gasteiger partial charge in [-0.25, -0.2) is 8.78 Å². The fourth-order valence-corrected chi connectivity index (χ4v) is 4.00. The summed E-state index contributed by atoms with van der Waals surface area (Å²) in [5.41, 5.74) is 1.22. The van der Waals surface area contributed by atoms with Crippen LogP contribution < -0.4 is 4.74 Å². The van der Waals surface area contributed by atoms with Crippen LogP contribution in [0.4, 0.5) is 22.0 Å². The Morgan fingerprint density at radius 2 is 1.58 bits per heavy atom. The van der Waals surface area contributed by atoms with Crippen molar-refractivity contribution in [2.75, 3.05) is 0 Å². The van der Waals surface area contributed by atoms with Crippen LogP contribution >= 0.6 is 22.6 Å². The molecule has 0 spiro atoms. The number of hydrogen-bond donors (Lipinski definition) is 0. The Labute approximate surface area is 161 Å². The first-order valence-corrected chi connectivity index (χ1v) is 9.46. The van der Waals surface area contributed by atoms with Gasteiger partial charge in [0, 0.05) is 9.49 Å². The molecule has 0 radical (unpaired) electrons. The second-order valence-corrected chi connectivity index (χ2v) is 8.14. The summed E-state index contributed by atoms with van der Waals surface area (Å²) >= 11 is 2.43. The van der Waals surface area contributed by atoms with Gasteiger partial charge in [-0.2, -0.15) is 0 Å². The SMILES string of the molecule is Fc1cc(-c2ccc(C3CCC(I)CC3)cc2F)ccc1OC(F)(F)F. The highest BCUT2D eigenvalue weighted by Gasteiger charge is 2.32.